The molecule has 3 fully saturated rings. The van der Waals surface area contributed by atoms with Crippen LogP contribution >= 0.6 is 0 Å². The fraction of sp³-hybridized carbons (Fsp3) is 0.500. The maximum atomic E-state index is 6.66. The third-order valence-electron chi connectivity index (χ3n) is 7.48. The van der Waals surface area contributed by atoms with Crippen molar-refractivity contribution in [2.45, 2.75) is 49.2 Å². The van der Waals surface area contributed by atoms with Crippen molar-refractivity contribution in [2.75, 3.05) is 13.7 Å². The van der Waals surface area contributed by atoms with Crippen LogP contribution in [0.2, 0.25) is 0 Å². The highest BCUT2D eigenvalue weighted by Crippen LogP contribution is 2.92. The summed E-state index contributed by atoms with van der Waals surface area (Å²) in [6.45, 7) is 2.93. The normalized spacial score (nSPS) is 39.8. The lowest BCUT2D eigenvalue weighted by Gasteiger charge is -2.46. The molecular weight excluding hydrogens is 320 g/mol. The van der Waals surface area contributed by atoms with Crippen LogP contribution in [0.4, 0.5) is 0 Å². The van der Waals surface area contributed by atoms with E-state index in [1.54, 1.807) is 0 Å². The highest BCUT2D eigenvalue weighted by atomic mass is 16.7. The molecule has 2 heteroatoms. The van der Waals surface area contributed by atoms with Gasteiger partial charge in [-0.25, -0.2) is 0 Å². The number of ether oxygens (including phenoxy) is 2. The van der Waals surface area contributed by atoms with Gasteiger partial charge in [0.2, 0.25) is 0 Å². The van der Waals surface area contributed by atoms with Crippen LogP contribution in [-0.4, -0.2) is 19.5 Å². The fourth-order valence-electron chi connectivity index (χ4n) is 7.04. The molecule has 3 aliphatic rings. The van der Waals surface area contributed by atoms with E-state index < -0.39 is 5.79 Å². The molecule has 2 aromatic rings. The molecule has 0 aromatic heterocycles. The SMILES string of the molecule is CCCOC1(OC)[C@]2(c3ccccc3)[C@@H]3CCC[C@@H]3[C@]12c1ccccc1. The molecule has 5 rings (SSSR count). The maximum absolute atomic E-state index is 6.66. The van der Waals surface area contributed by atoms with Crippen LogP contribution in [0.25, 0.3) is 0 Å². The fourth-order valence-corrected chi connectivity index (χ4v) is 7.04. The number of rotatable bonds is 6. The summed E-state index contributed by atoms with van der Waals surface area (Å²) < 4.78 is 13.0. The topological polar surface area (TPSA) is 18.5 Å². The standard InChI is InChI=1S/C24H28O2/c1-3-17-26-24(25-2)22(18-11-6-4-7-12-18)20-15-10-16-21(20)23(22,24)19-13-8-5-9-14-19/h4-9,11-14,20-21H,3,10,15-17H2,1-2H3/t20-,21+,22-,23+,24?. The van der Waals surface area contributed by atoms with E-state index in [-0.39, 0.29) is 10.8 Å². The van der Waals surface area contributed by atoms with Crippen molar-refractivity contribution in [1.82, 2.24) is 0 Å². The lowest BCUT2D eigenvalue weighted by atomic mass is 9.54. The third kappa shape index (κ3) is 1.54. The summed E-state index contributed by atoms with van der Waals surface area (Å²) in [4.78, 5) is 0. The van der Waals surface area contributed by atoms with Gasteiger partial charge >= 0.3 is 0 Å². The van der Waals surface area contributed by atoms with Gasteiger partial charge in [0.05, 0.1) is 10.8 Å². The Morgan fingerprint density at radius 1 is 0.846 bits per heavy atom. The minimum absolute atomic E-state index is 0.0479. The summed E-state index contributed by atoms with van der Waals surface area (Å²) in [6.07, 6.45) is 4.91. The molecule has 0 spiro atoms. The lowest BCUT2D eigenvalue weighted by Crippen LogP contribution is -2.49. The van der Waals surface area contributed by atoms with Gasteiger partial charge in [0.25, 0.3) is 0 Å². The highest BCUT2D eigenvalue weighted by molar-refractivity contribution is 5.66. The number of methoxy groups -OCH3 is 1. The van der Waals surface area contributed by atoms with Crippen molar-refractivity contribution in [1.29, 1.82) is 0 Å². The number of hydrogen-bond acceptors (Lipinski definition) is 2. The molecule has 0 radical (unpaired) electrons. The van der Waals surface area contributed by atoms with Crippen LogP contribution in [0.3, 0.4) is 0 Å². The highest BCUT2D eigenvalue weighted by Gasteiger charge is 3.02. The zero-order chi connectivity index (χ0) is 17.8. The van der Waals surface area contributed by atoms with E-state index in [0.29, 0.717) is 11.8 Å². The van der Waals surface area contributed by atoms with Crippen LogP contribution in [-0.2, 0) is 20.3 Å². The van der Waals surface area contributed by atoms with E-state index in [1.807, 2.05) is 7.11 Å². The van der Waals surface area contributed by atoms with Crippen LogP contribution in [0, 0.1) is 11.8 Å². The number of fused-ring (bicyclic) bond motifs is 4. The lowest BCUT2D eigenvalue weighted by molar-refractivity contribution is -0.171. The van der Waals surface area contributed by atoms with Gasteiger partial charge in [-0.1, -0.05) is 74.0 Å². The van der Waals surface area contributed by atoms with Crippen LogP contribution in [0.15, 0.2) is 60.7 Å². The maximum Gasteiger partial charge on any atom is 0.189 e. The van der Waals surface area contributed by atoms with Gasteiger partial charge in [0.15, 0.2) is 5.79 Å². The predicted octanol–water partition coefficient (Wildman–Crippen LogP) is 5.08. The molecule has 2 nitrogen and oxygen atoms in total. The molecule has 26 heavy (non-hydrogen) atoms. The van der Waals surface area contributed by atoms with E-state index in [9.17, 15) is 0 Å². The molecule has 5 atom stereocenters. The van der Waals surface area contributed by atoms with Crippen molar-refractivity contribution < 1.29 is 9.47 Å². The first kappa shape index (κ1) is 16.5. The Balaban J connectivity index is 1.76. The summed E-state index contributed by atoms with van der Waals surface area (Å²) >= 11 is 0. The largest absolute Gasteiger partial charge is 0.351 e. The molecule has 0 bridgehead atoms. The van der Waals surface area contributed by atoms with Gasteiger partial charge in [-0.3, -0.25) is 0 Å². The summed E-state index contributed by atoms with van der Waals surface area (Å²) in [5, 5.41) is 0. The quantitative estimate of drug-likeness (QED) is 0.678. The van der Waals surface area contributed by atoms with Gasteiger partial charge in [-0.05, 0) is 42.2 Å². The second-order valence-electron chi connectivity index (χ2n) is 8.16. The number of hydrogen-bond donors (Lipinski definition) is 0. The second-order valence-corrected chi connectivity index (χ2v) is 8.16. The molecule has 2 aromatic carbocycles. The van der Waals surface area contributed by atoms with Gasteiger partial charge < -0.3 is 9.47 Å². The molecule has 0 N–H and O–H groups in total. The molecule has 0 aliphatic heterocycles. The van der Waals surface area contributed by atoms with Crippen LogP contribution in [0.1, 0.15) is 43.7 Å². The van der Waals surface area contributed by atoms with E-state index >= 15 is 0 Å². The molecule has 0 heterocycles. The molecule has 136 valence electrons. The van der Waals surface area contributed by atoms with Crippen LogP contribution < -0.4 is 0 Å². The predicted molar refractivity (Wildman–Crippen MR) is 103 cm³/mol. The smallest absolute Gasteiger partial charge is 0.189 e. The van der Waals surface area contributed by atoms with Crippen molar-refractivity contribution >= 4 is 0 Å². The van der Waals surface area contributed by atoms with Gasteiger partial charge in [0.1, 0.15) is 0 Å². The monoisotopic (exact) mass is 348 g/mol. The van der Waals surface area contributed by atoms with Gasteiger partial charge in [-0.15, -0.1) is 0 Å². The average Bonchev–Trinajstić information content (AvgIpc) is 2.90. The van der Waals surface area contributed by atoms with Crippen molar-refractivity contribution in [3.05, 3.63) is 71.8 Å². The Kier molecular flexibility index (Phi) is 3.61. The van der Waals surface area contributed by atoms with Crippen molar-refractivity contribution in [2.24, 2.45) is 11.8 Å². The zero-order valence-corrected chi connectivity index (χ0v) is 15.8. The first-order valence-electron chi connectivity index (χ1n) is 10.1. The van der Waals surface area contributed by atoms with Crippen LogP contribution in [0.5, 0.6) is 0 Å². The minimum atomic E-state index is -0.533. The Bertz CT molecular complexity index is 727. The number of benzene rings is 2. The molecule has 1 unspecified atom stereocenters. The molecular formula is C24H28O2. The van der Waals surface area contributed by atoms with E-state index in [4.69, 9.17) is 9.47 Å². The van der Waals surface area contributed by atoms with E-state index in [2.05, 4.69) is 67.6 Å². The second kappa shape index (κ2) is 5.68. The summed E-state index contributed by atoms with van der Waals surface area (Å²) in [6, 6.07) is 22.1. The minimum Gasteiger partial charge on any atom is -0.351 e. The molecule has 0 saturated heterocycles. The zero-order valence-electron chi connectivity index (χ0n) is 15.8. The van der Waals surface area contributed by atoms with E-state index in [1.165, 1.54) is 30.4 Å². The van der Waals surface area contributed by atoms with E-state index in [0.717, 1.165) is 13.0 Å². The molecule has 3 saturated carbocycles. The van der Waals surface area contributed by atoms with Gasteiger partial charge in [0, 0.05) is 13.7 Å². The summed E-state index contributed by atoms with van der Waals surface area (Å²) in [5.74, 6) is 0.776. The molecule has 0 amide bonds. The molecule has 3 aliphatic carbocycles. The van der Waals surface area contributed by atoms with Crippen molar-refractivity contribution in [3.8, 4) is 0 Å². The Labute approximate surface area is 156 Å². The Morgan fingerprint density at radius 3 is 1.77 bits per heavy atom. The summed E-state index contributed by atoms with van der Waals surface area (Å²) in [5.41, 5.74) is 2.69. The first-order chi connectivity index (χ1) is 12.8. The Hall–Kier alpha value is -1.64. The average molecular weight is 348 g/mol. The van der Waals surface area contributed by atoms with Gasteiger partial charge in [-0.2, -0.15) is 0 Å². The summed E-state index contributed by atoms with van der Waals surface area (Å²) in [7, 11) is 1.86. The van der Waals surface area contributed by atoms with Crippen molar-refractivity contribution in [3.63, 3.8) is 0 Å². The first-order valence-corrected chi connectivity index (χ1v) is 10.1. The Morgan fingerprint density at radius 2 is 1.35 bits per heavy atom. The third-order valence-corrected chi connectivity index (χ3v) is 7.48.